The number of hydrogen-bond donors (Lipinski definition) is 1. The van der Waals surface area contributed by atoms with Gasteiger partial charge in [0.05, 0.1) is 15.9 Å². The first-order valence-electron chi connectivity index (χ1n) is 5.68. The van der Waals surface area contributed by atoms with Crippen molar-refractivity contribution in [2.24, 2.45) is 0 Å². The van der Waals surface area contributed by atoms with Crippen LogP contribution in [0.15, 0.2) is 48.0 Å². The molecule has 18 heavy (non-hydrogen) atoms. The molecule has 0 spiro atoms. The van der Waals surface area contributed by atoms with Crippen molar-refractivity contribution in [2.45, 2.75) is 0 Å². The van der Waals surface area contributed by atoms with Gasteiger partial charge in [0.25, 0.3) is 0 Å². The van der Waals surface area contributed by atoms with Crippen LogP contribution in [0.25, 0.3) is 32.6 Å². The largest absolute Gasteiger partial charge is 0.352 e. The van der Waals surface area contributed by atoms with Gasteiger partial charge in [-0.1, -0.05) is 18.2 Å². The van der Waals surface area contributed by atoms with Gasteiger partial charge in [0.15, 0.2) is 5.82 Å². The van der Waals surface area contributed by atoms with E-state index in [0.29, 0.717) is 0 Å². The number of fused-ring (bicyclic) bond motifs is 2. The van der Waals surface area contributed by atoms with Crippen LogP contribution in [0.5, 0.6) is 0 Å². The van der Waals surface area contributed by atoms with E-state index in [1.807, 2.05) is 29.8 Å². The van der Waals surface area contributed by atoms with Crippen molar-refractivity contribution >= 4 is 32.5 Å². The molecule has 0 radical (unpaired) electrons. The van der Waals surface area contributed by atoms with Crippen LogP contribution in [0.2, 0.25) is 0 Å². The number of thiophene rings is 1. The monoisotopic (exact) mass is 251 g/mol. The molecule has 0 aliphatic heterocycles. The highest BCUT2D eigenvalue weighted by Crippen LogP contribution is 2.24. The number of para-hydroxylation sites is 1. The van der Waals surface area contributed by atoms with Crippen LogP contribution in [-0.2, 0) is 0 Å². The standard InChI is InChI=1S/C14H9N3S/c1-2-4-10-9(3-1)7-12(16-10)14-15-8-13-11(17-14)5-6-18-13/h1-8,16H. The number of H-pyrrole nitrogens is 1. The smallest absolute Gasteiger partial charge is 0.176 e. The molecule has 4 rings (SSSR count). The first-order chi connectivity index (χ1) is 8.90. The fraction of sp³-hybridized carbons (Fsp3) is 0. The minimum absolute atomic E-state index is 0.747. The molecule has 1 aromatic carbocycles. The molecule has 0 amide bonds. The molecule has 3 nitrogen and oxygen atoms in total. The highest BCUT2D eigenvalue weighted by Gasteiger charge is 2.07. The molecule has 4 heteroatoms. The number of aromatic amines is 1. The summed E-state index contributed by atoms with van der Waals surface area (Å²) in [4.78, 5) is 12.3. The summed E-state index contributed by atoms with van der Waals surface area (Å²) in [6, 6.07) is 12.3. The van der Waals surface area contributed by atoms with Gasteiger partial charge >= 0.3 is 0 Å². The number of nitrogens with zero attached hydrogens (tertiary/aromatic N) is 2. The van der Waals surface area contributed by atoms with Crippen molar-refractivity contribution in [1.82, 2.24) is 15.0 Å². The van der Waals surface area contributed by atoms with E-state index in [9.17, 15) is 0 Å². The van der Waals surface area contributed by atoms with E-state index in [-0.39, 0.29) is 0 Å². The number of hydrogen-bond acceptors (Lipinski definition) is 3. The number of benzene rings is 1. The second-order valence-electron chi connectivity index (χ2n) is 4.13. The molecule has 0 fully saturated rings. The minimum atomic E-state index is 0.747. The molecule has 0 aliphatic rings. The van der Waals surface area contributed by atoms with E-state index in [2.05, 4.69) is 33.2 Å². The zero-order valence-electron chi connectivity index (χ0n) is 9.42. The van der Waals surface area contributed by atoms with Crippen molar-refractivity contribution in [3.8, 4) is 11.5 Å². The molecule has 4 aromatic rings. The van der Waals surface area contributed by atoms with Crippen molar-refractivity contribution in [3.05, 3.63) is 48.0 Å². The van der Waals surface area contributed by atoms with E-state index in [1.54, 1.807) is 11.3 Å². The van der Waals surface area contributed by atoms with Gasteiger partial charge in [0.1, 0.15) is 0 Å². The third kappa shape index (κ3) is 1.43. The molecule has 3 heterocycles. The summed E-state index contributed by atoms with van der Waals surface area (Å²) in [7, 11) is 0. The Morgan fingerprint density at radius 2 is 2.06 bits per heavy atom. The summed E-state index contributed by atoms with van der Waals surface area (Å²) in [5, 5.41) is 3.22. The highest BCUT2D eigenvalue weighted by atomic mass is 32.1. The molecule has 3 aromatic heterocycles. The van der Waals surface area contributed by atoms with Crippen molar-refractivity contribution in [1.29, 1.82) is 0 Å². The maximum Gasteiger partial charge on any atom is 0.176 e. The average Bonchev–Trinajstić information content (AvgIpc) is 3.04. The third-order valence-electron chi connectivity index (χ3n) is 2.97. The first-order valence-corrected chi connectivity index (χ1v) is 6.56. The maximum absolute atomic E-state index is 4.57. The van der Waals surface area contributed by atoms with E-state index in [1.165, 1.54) is 5.39 Å². The number of rotatable bonds is 1. The van der Waals surface area contributed by atoms with Crippen molar-refractivity contribution in [2.75, 3.05) is 0 Å². The Labute approximate surface area is 107 Å². The summed E-state index contributed by atoms with van der Waals surface area (Å²) in [6.07, 6.45) is 1.88. The molecule has 0 unspecified atom stereocenters. The summed E-state index contributed by atoms with van der Waals surface area (Å²) in [5.74, 6) is 0.747. The number of aromatic nitrogens is 3. The average molecular weight is 251 g/mol. The molecule has 0 bridgehead atoms. The zero-order chi connectivity index (χ0) is 11.9. The van der Waals surface area contributed by atoms with Crippen LogP contribution in [-0.4, -0.2) is 15.0 Å². The number of nitrogens with one attached hydrogen (secondary N) is 1. The SMILES string of the molecule is c1ccc2[nH]c(-c3ncc4sccc4n3)cc2c1. The van der Waals surface area contributed by atoms with Crippen LogP contribution in [0.4, 0.5) is 0 Å². The normalized spacial score (nSPS) is 11.3. The molecule has 0 atom stereocenters. The molecular formula is C14H9N3S. The van der Waals surface area contributed by atoms with E-state index in [0.717, 1.165) is 27.3 Å². The van der Waals surface area contributed by atoms with Gasteiger partial charge in [-0.05, 0) is 23.6 Å². The van der Waals surface area contributed by atoms with E-state index < -0.39 is 0 Å². The second-order valence-corrected chi connectivity index (χ2v) is 5.08. The Balaban J connectivity index is 1.94. The lowest BCUT2D eigenvalue weighted by Crippen LogP contribution is -1.87. The fourth-order valence-electron chi connectivity index (χ4n) is 2.09. The van der Waals surface area contributed by atoms with Crippen molar-refractivity contribution < 1.29 is 0 Å². The summed E-state index contributed by atoms with van der Waals surface area (Å²) in [5.41, 5.74) is 3.08. The Hall–Kier alpha value is -2.20. The molecule has 0 saturated heterocycles. The van der Waals surface area contributed by atoms with Crippen LogP contribution in [0.1, 0.15) is 0 Å². The summed E-state index contributed by atoms with van der Waals surface area (Å²) < 4.78 is 1.12. The second kappa shape index (κ2) is 3.65. The lowest BCUT2D eigenvalue weighted by atomic mass is 10.2. The minimum Gasteiger partial charge on any atom is -0.352 e. The molecule has 0 saturated carbocycles. The predicted octanol–water partition coefficient (Wildman–Crippen LogP) is 3.84. The zero-order valence-corrected chi connectivity index (χ0v) is 10.2. The quantitative estimate of drug-likeness (QED) is 0.558. The van der Waals surface area contributed by atoms with E-state index >= 15 is 0 Å². The van der Waals surface area contributed by atoms with Gasteiger partial charge in [-0.3, -0.25) is 0 Å². The highest BCUT2D eigenvalue weighted by molar-refractivity contribution is 7.17. The van der Waals surface area contributed by atoms with Gasteiger partial charge in [0, 0.05) is 17.1 Å². The van der Waals surface area contributed by atoms with Crippen LogP contribution < -0.4 is 0 Å². The molecule has 1 N–H and O–H groups in total. The van der Waals surface area contributed by atoms with Gasteiger partial charge in [-0.15, -0.1) is 11.3 Å². The Morgan fingerprint density at radius 1 is 1.11 bits per heavy atom. The van der Waals surface area contributed by atoms with Gasteiger partial charge in [-0.25, -0.2) is 9.97 Å². The molecular weight excluding hydrogens is 242 g/mol. The first kappa shape index (κ1) is 9.79. The van der Waals surface area contributed by atoms with E-state index in [4.69, 9.17) is 0 Å². The summed E-state index contributed by atoms with van der Waals surface area (Å²) in [6.45, 7) is 0. The lowest BCUT2D eigenvalue weighted by Gasteiger charge is -1.95. The lowest BCUT2D eigenvalue weighted by molar-refractivity contribution is 1.21. The topological polar surface area (TPSA) is 41.6 Å². The Kier molecular flexibility index (Phi) is 1.98. The van der Waals surface area contributed by atoms with Gasteiger partial charge < -0.3 is 4.98 Å². The Morgan fingerprint density at radius 3 is 3.00 bits per heavy atom. The fourth-order valence-corrected chi connectivity index (χ4v) is 2.78. The van der Waals surface area contributed by atoms with Crippen LogP contribution in [0.3, 0.4) is 0 Å². The van der Waals surface area contributed by atoms with Crippen LogP contribution in [0, 0.1) is 0 Å². The van der Waals surface area contributed by atoms with Crippen LogP contribution >= 0.6 is 11.3 Å². The Bertz CT molecular complexity index is 811. The van der Waals surface area contributed by atoms with Crippen molar-refractivity contribution in [3.63, 3.8) is 0 Å². The third-order valence-corrected chi connectivity index (χ3v) is 3.82. The predicted molar refractivity (Wildman–Crippen MR) is 74.7 cm³/mol. The summed E-state index contributed by atoms with van der Waals surface area (Å²) >= 11 is 1.66. The molecule has 0 aliphatic carbocycles. The molecule has 86 valence electrons. The van der Waals surface area contributed by atoms with Gasteiger partial charge in [-0.2, -0.15) is 0 Å². The van der Waals surface area contributed by atoms with Gasteiger partial charge in [0.2, 0.25) is 0 Å². The maximum atomic E-state index is 4.57.